The van der Waals surface area contributed by atoms with Crippen molar-refractivity contribution >= 4 is 57.2 Å². The molecule has 25 heavy (non-hydrogen) atoms. The van der Waals surface area contributed by atoms with Crippen molar-refractivity contribution in [3.8, 4) is 5.75 Å². The number of aryl methyl sites for hydroxylation is 1. The number of aliphatic imine (C=N–C) groups is 1. The number of guanidine groups is 1. The average molecular weight is 539 g/mol. The molecule has 1 heterocycles. The molecule has 0 aliphatic heterocycles. The summed E-state index contributed by atoms with van der Waals surface area (Å²) in [7, 11) is 3.44. The van der Waals surface area contributed by atoms with Crippen LogP contribution < -0.4 is 15.4 Å². The van der Waals surface area contributed by atoms with E-state index >= 15 is 0 Å². The summed E-state index contributed by atoms with van der Waals surface area (Å²) in [6, 6.07) is 6.03. The normalized spacial score (nSPS) is 11.0. The fraction of sp³-hybridized carbons (Fsp3) is 0.412. The number of ether oxygens (including phenoxy) is 1. The van der Waals surface area contributed by atoms with Crippen LogP contribution >= 0.6 is 51.2 Å². The quantitative estimate of drug-likeness (QED) is 0.318. The number of hydrogen-bond acceptors (Lipinski definition) is 4. The van der Waals surface area contributed by atoms with Crippen LogP contribution in [-0.4, -0.2) is 31.6 Å². The van der Waals surface area contributed by atoms with Crippen molar-refractivity contribution in [2.75, 3.05) is 20.7 Å². The SMILES string of the molecule is CCc1cnc(CCNC(=NC)NCc2ccc(OC)c(Br)c2)s1.I. The molecule has 8 heteroatoms. The minimum atomic E-state index is 0. The molecule has 0 spiro atoms. The molecular formula is C17H24BrIN4OS. The maximum atomic E-state index is 5.24. The second-order valence-electron chi connectivity index (χ2n) is 5.15. The van der Waals surface area contributed by atoms with E-state index in [0.717, 1.165) is 46.1 Å². The van der Waals surface area contributed by atoms with E-state index in [9.17, 15) is 0 Å². The molecule has 0 atom stereocenters. The number of thiazole rings is 1. The Labute approximate surface area is 178 Å². The van der Waals surface area contributed by atoms with Crippen LogP contribution in [0.4, 0.5) is 0 Å². The van der Waals surface area contributed by atoms with Gasteiger partial charge < -0.3 is 15.4 Å². The second kappa shape index (κ2) is 11.7. The fourth-order valence-electron chi connectivity index (χ4n) is 2.14. The lowest BCUT2D eigenvalue weighted by Crippen LogP contribution is -2.37. The highest BCUT2D eigenvalue weighted by Crippen LogP contribution is 2.25. The number of hydrogen-bond donors (Lipinski definition) is 2. The van der Waals surface area contributed by atoms with Crippen LogP contribution in [-0.2, 0) is 19.4 Å². The number of methoxy groups -OCH3 is 1. The number of rotatable bonds is 7. The topological polar surface area (TPSA) is 58.5 Å². The zero-order chi connectivity index (χ0) is 17.4. The molecule has 0 bridgehead atoms. The maximum Gasteiger partial charge on any atom is 0.191 e. The Morgan fingerprint density at radius 2 is 2.16 bits per heavy atom. The standard InChI is InChI=1S/C17H23BrN4OS.HI/c1-4-13-11-21-16(24-13)7-8-20-17(19-2)22-10-12-5-6-15(23-3)14(18)9-12;/h5-6,9,11H,4,7-8,10H2,1-3H3,(H2,19,20,22);1H. The largest absolute Gasteiger partial charge is 0.496 e. The first-order valence-electron chi connectivity index (χ1n) is 7.86. The molecule has 138 valence electrons. The van der Waals surface area contributed by atoms with Gasteiger partial charge in [0.2, 0.25) is 0 Å². The van der Waals surface area contributed by atoms with Crippen molar-refractivity contribution in [2.45, 2.75) is 26.3 Å². The van der Waals surface area contributed by atoms with Crippen molar-refractivity contribution in [1.29, 1.82) is 0 Å². The Morgan fingerprint density at radius 3 is 2.76 bits per heavy atom. The first-order chi connectivity index (χ1) is 11.7. The Balaban J connectivity index is 0.00000312. The average Bonchev–Trinajstić information content (AvgIpc) is 3.06. The minimum Gasteiger partial charge on any atom is -0.496 e. The van der Waals surface area contributed by atoms with Gasteiger partial charge in [-0.3, -0.25) is 4.99 Å². The summed E-state index contributed by atoms with van der Waals surface area (Å²) in [6.45, 7) is 3.65. The van der Waals surface area contributed by atoms with Crippen molar-refractivity contribution in [2.24, 2.45) is 4.99 Å². The van der Waals surface area contributed by atoms with Crippen molar-refractivity contribution < 1.29 is 4.74 Å². The van der Waals surface area contributed by atoms with Gasteiger partial charge in [-0.15, -0.1) is 35.3 Å². The van der Waals surface area contributed by atoms with Gasteiger partial charge in [-0.2, -0.15) is 0 Å². The molecule has 0 amide bonds. The lowest BCUT2D eigenvalue weighted by atomic mass is 10.2. The van der Waals surface area contributed by atoms with Gasteiger partial charge >= 0.3 is 0 Å². The Bertz CT molecular complexity index is 693. The van der Waals surface area contributed by atoms with Crippen LogP contribution in [0.3, 0.4) is 0 Å². The van der Waals surface area contributed by atoms with Crippen LogP contribution in [0.15, 0.2) is 33.9 Å². The third-order valence-electron chi connectivity index (χ3n) is 3.48. The summed E-state index contributed by atoms with van der Waals surface area (Å²) in [5, 5.41) is 7.80. The smallest absolute Gasteiger partial charge is 0.191 e. The number of nitrogens with one attached hydrogen (secondary N) is 2. The van der Waals surface area contributed by atoms with Gasteiger partial charge in [0.05, 0.1) is 16.6 Å². The van der Waals surface area contributed by atoms with Crippen LogP contribution in [0.2, 0.25) is 0 Å². The van der Waals surface area contributed by atoms with E-state index in [-0.39, 0.29) is 24.0 Å². The summed E-state index contributed by atoms with van der Waals surface area (Å²) < 4.78 is 6.19. The highest BCUT2D eigenvalue weighted by Gasteiger charge is 2.04. The number of aromatic nitrogens is 1. The molecule has 0 saturated heterocycles. The molecule has 2 rings (SSSR count). The molecule has 0 saturated carbocycles. The Kier molecular flexibility index (Phi) is 10.4. The summed E-state index contributed by atoms with van der Waals surface area (Å²) >= 11 is 5.28. The van der Waals surface area contributed by atoms with Crippen LogP contribution in [0, 0.1) is 0 Å². The maximum absolute atomic E-state index is 5.24. The molecule has 0 aliphatic rings. The van der Waals surface area contributed by atoms with E-state index in [1.54, 1.807) is 25.5 Å². The van der Waals surface area contributed by atoms with Gasteiger partial charge in [-0.25, -0.2) is 4.98 Å². The van der Waals surface area contributed by atoms with Crippen molar-refractivity contribution in [3.05, 3.63) is 44.3 Å². The predicted octanol–water partition coefficient (Wildman–Crippen LogP) is 4.00. The molecule has 1 aromatic carbocycles. The Morgan fingerprint density at radius 1 is 1.36 bits per heavy atom. The lowest BCUT2D eigenvalue weighted by Gasteiger charge is -2.12. The highest BCUT2D eigenvalue weighted by molar-refractivity contribution is 14.0. The zero-order valence-corrected chi connectivity index (χ0v) is 19.4. The number of nitrogens with zero attached hydrogens (tertiary/aromatic N) is 2. The third kappa shape index (κ3) is 7.10. The first kappa shape index (κ1) is 22.2. The second-order valence-corrected chi connectivity index (χ2v) is 7.20. The van der Waals surface area contributed by atoms with Gasteiger partial charge in [0.25, 0.3) is 0 Å². The molecule has 1 aromatic heterocycles. The van der Waals surface area contributed by atoms with E-state index in [1.165, 1.54) is 4.88 Å². The number of benzene rings is 1. The molecular weight excluding hydrogens is 515 g/mol. The fourth-order valence-corrected chi connectivity index (χ4v) is 3.59. The first-order valence-corrected chi connectivity index (χ1v) is 9.47. The lowest BCUT2D eigenvalue weighted by molar-refractivity contribution is 0.412. The molecule has 0 aliphatic carbocycles. The van der Waals surface area contributed by atoms with Crippen LogP contribution in [0.5, 0.6) is 5.75 Å². The molecule has 0 unspecified atom stereocenters. The monoisotopic (exact) mass is 538 g/mol. The highest BCUT2D eigenvalue weighted by atomic mass is 127. The van der Waals surface area contributed by atoms with Crippen molar-refractivity contribution in [1.82, 2.24) is 15.6 Å². The summed E-state index contributed by atoms with van der Waals surface area (Å²) in [6.07, 6.45) is 3.92. The van der Waals surface area contributed by atoms with Gasteiger partial charge in [-0.1, -0.05) is 13.0 Å². The van der Waals surface area contributed by atoms with Gasteiger partial charge in [-0.05, 0) is 40.0 Å². The minimum absolute atomic E-state index is 0. The summed E-state index contributed by atoms with van der Waals surface area (Å²) in [5.41, 5.74) is 1.15. The molecule has 0 fully saturated rings. The predicted molar refractivity (Wildman–Crippen MR) is 120 cm³/mol. The van der Waals surface area contributed by atoms with Gasteiger partial charge in [0.1, 0.15) is 5.75 Å². The van der Waals surface area contributed by atoms with Gasteiger partial charge in [0, 0.05) is 37.6 Å². The van der Waals surface area contributed by atoms with E-state index in [0.29, 0.717) is 6.54 Å². The number of halogens is 2. The van der Waals surface area contributed by atoms with Crippen molar-refractivity contribution in [3.63, 3.8) is 0 Å². The molecule has 2 aromatic rings. The van der Waals surface area contributed by atoms with E-state index in [1.807, 2.05) is 24.4 Å². The van der Waals surface area contributed by atoms with E-state index in [4.69, 9.17) is 4.74 Å². The van der Waals surface area contributed by atoms with E-state index < -0.39 is 0 Å². The Hall–Kier alpha value is -0.870. The summed E-state index contributed by atoms with van der Waals surface area (Å²) in [5.74, 6) is 1.62. The van der Waals surface area contributed by atoms with Crippen LogP contribution in [0.1, 0.15) is 22.4 Å². The zero-order valence-electron chi connectivity index (χ0n) is 14.6. The third-order valence-corrected chi connectivity index (χ3v) is 5.30. The van der Waals surface area contributed by atoms with E-state index in [2.05, 4.69) is 43.5 Å². The van der Waals surface area contributed by atoms with Gasteiger partial charge in [0.15, 0.2) is 5.96 Å². The molecule has 2 N–H and O–H groups in total. The molecule has 0 radical (unpaired) electrons. The summed E-state index contributed by atoms with van der Waals surface area (Å²) in [4.78, 5) is 10.0. The molecule has 5 nitrogen and oxygen atoms in total. The van der Waals surface area contributed by atoms with Crippen LogP contribution in [0.25, 0.3) is 0 Å².